The molecule has 78 heavy (non-hydrogen) atoms. The van der Waals surface area contributed by atoms with Gasteiger partial charge in [0.25, 0.3) is 0 Å². The zero-order valence-electron chi connectivity index (χ0n) is 51.4. The maximum Gasteiger partial charge on any atom is 0.306 e. The summed E-state index contributed by atoms with van der Waals surface area (Å²) in [6.45, 7) is 6.49. The third-order valence-corrected chi connectivity index (χ3v) is 14.3. The van der Waals surface area contributed by atoms with Crippen molar-refractivity contribution in [3.8, 4) is 0 Å². The van der Waals surface area contributed by atoms with Gasteiger partial charge >= 0.3 is 17.9 Å². The van der Waals surface area contributed by atoms with Gasteiger partial charge in [0.2, 0.25) is 0 Å². The summed E-state index contributed by atoms with van der Waals surface area (Å²) in [6, 6.07) is 0. The van der Waals surface area contributed by atoms with E-state index in [1.165, 1.54) is 148 Å². The monoisotopic (exact) mass is 1080 g/mol. The normalized spacial score (nSPS) is 12.7. The maximum atomic E-state index is 12.9. The summed E-state index contributed by atoms with van der Waals surface area (Å²) in [7, 11) is 0. The van der Waals surface area contributed by atoms with Crippen molar-refractivity contribution in [3.63, 3.8) is 0 Å². The number of unbranched alkanes of at least 4 members (excludes halogenated alkanes) is 33. The Bertz CT molecular complexity index is 1530. The largest absolute Gasteiger partial charge is 0.462 e. The van der Waals surface area contributed by atoms with Gasteiger partial charge in [0.15, 0.2) is 6.10 Å². The van der Waals surface area contributed by atoms with Crippen LogP contribution in [0.15, 0.2) is 97.2 Å². The lowest BCUT2D eigenvalue weighted by molar-refractivity contribution is -0.167. The molecule has 0 N–H and O–H groups in total. The Balaban J connectivity index is 4.38. The molecule has 0 aliphatic rings. The molecule has 1 unspecified atom stereocenters. The van der Waals surface area contributed by atoms with Crippen molar-refractivity contribution in [3.05, 3.63) is 97.2 Å². The number of carbonyl (C=O) groups is 3. The van der Waals surface area contributed by atoms with Crippen molar-refractivity contribution in [2.75, 3.05) is 13.2 Å². The molecule has 0 saturated carbocycles. The Hall–Kier alpha value is -3.67. The van der Waals surface area contributed by atoms with Crippen LogP contribution in [0.25, 0.3) is 0 Å². The molecule has 0 aromatic rings. The first kappa shape index (κ1) is 74.3. The van der Waals surface area contributed by atoms with Crippen molar-refractivity contribution in [1.29, 1.82) is 0 Å². The van der Waals surface area contributed by atoms with E-state index in [1.807, 2.05) is 0 Å². The Labute approximate surface area is 483 Å². The summed E-state index contributed by atoms with van der Waals surface area (Å²) >= 11 is 0. The number of ether oxygens (including phenoxy) is 3. The zero-order valence-corrected chi connectivity index (χ0v) is 51.4. The number of hydrogen-bond acceptors (Lipinski definition) is 6. The molecule has 0 saturated heterocycles. The number of hydrogen-bond donors (Lipinski definition) is 0. The summed E-state index contributed by atoms with van der Waals surface area (Å²) in [4.78, 5) is 38.4. The smallest absolute Gasteiger partial charge is 0.306 e. The molecule has 0 heterocycles. The Morgan fingerprint density at radius 1 is 0.269 bits per heavy atom. The molecule has 1 atom stereocenters. The van der Waals surface area contributed by atoms with E-state index in [0.29, 0.717) is 19.3 Å². The fourth-order valence-electron chi connectivity index (χ4n) is 9.35. The highest BCUT2D eigenvalue weighted by molar-refractivity contribution is 5.71. The molecular formula is C72H124O6. The maximum absolute atomic E-state index is 12.9. The topological polar surface area (TPSA) is 78.9 Å². The van der Waals surface area contributed by atoms with Gasteiger partial charge in [0.1, 0.15) is 13.2 Å². The molecular weight excluding hydrogens is 961 g/mol. The van der Waals surface area contributed by atoms with Gasteiger partial charge in [-0.25, -0.2) is 0 Å². The van der Waals surface area contributed by atoms with Crippen LogP contribution in [0.4, 0.5) is 0 Å². The van der Waals surface area contributed by atoms with Crippen LogP contribution in [-0.2, 0) is 28.6 Å². The molecule has 448 valence electrons. The lowest BCUT2D eigenvalue weighted by Crippen LogP contribution is -2.30. The molecule has 0 rings (SSSR count). The summed E-state index contributed by atoms with van der Waals surface area (Å²) in [6.07, 6.45) is 88.5. The quantitative estimate of drug-likeness (QED) is 0.0261. The minimum atomic E-state index is -0.795. The van der Waals surface area contributed by atoms with Crippen LogP contribution in [0.1, 0.15) is 323 Å². The van der Waals surface area contributed by atoms with E-state index in [1.54, 1.807) is 0 Å². The molecule has 0 amide bonds. The third-order valence-electron chi connectivity index (χ3n) is 14.3. The lowest BCUT2D eigenvalue weighted by Gasteiger charge is -2.18. The predicted molar refractivity (Wildman–Crippen MR) is 339 cm³/mol. The second-order valence-electron chi connectivity index (χ2n) is 22.0. The molecule has 0 aliphatic heterocycles. The fraction of sp³-hybridized carbons (Fsp3) is 0.736. The summed E-state index contributed by atoms with van der Waals surface area (Å²) in [5.74, 6) is -0.916. The molecule has 0 aromatic carbocycles. The highest BCUT2D eigenvalue weighted by Gasteiger charge is 2.19. The van der Waals surface area contributed by atoms with Crippen molar-refractivity contribution in [2.24, 2.45) is 0 Å². The molecule has 0 aliphatic carbocycles. The number of esters is 3. The summed E-state index contributed by atoms with van der Waals surface area (Å²) in [5.41, 5.74) is 0. The first-order chi connectivity index (χ1) is 38.5. The number of carbonyl (C=O) groups excluding carboxylic acids is 3. The standard InChI is InChI=1S/C72H124O6/c1-4-7-10-13-16-19-22-25-28-30-32-34-36-38-40-42-44-47-50-53-56-59-62-65-71(74)77-68-69(67-76-70(73)64-61-58-55-52-49-46-27-24-21-18-15-12-9-6-3)78-72(75)66-63-60-57-54-51-48-45-43-41-39-37-35-33-31-29-26-23-20-17-14-11-8-5-2/h7,10,15-16,18-19,24-25,27-28,32,34,38,40,44,47,69H,4-6,8-9,11-14,17,20-23,26,29-31,33,35-37,39,41-43,45-46,48-68H2,1-3H3/b10-7-,18-15-,19-16-,27-24-,28-25-,34-32-,40-38-,47-44-. The van der Waals surface area contributed by atoms with Crippen LogP contribution in [0.5, 0.6) is 0 Å². The van der Waals surface area contributed by atoms with E-state index < -0.39 is 6.10 Å². The van der Waals surface area contributed by atoms with Gasteiger partial charge in [-0.1, -0.05) is 304 Å². The number of rotatable bonds is 60. The van der Waals surface area contributed by atoms with Gasteiger partial charge in [-0.3, -0.25) is 14.4 Å². The SMILES string of the molecule is CC/C=C\C/C=C\C/C=C\C/C=C\C/C=C\C/C=C\CCCCCCC(=O)OCC(COC(=O)CCCCCCC/C=C\C/C=C\CCCC)OC(=O)CCCCCCCCCCCCCCCCCCCCCCCCC. The van der Waals surface area contributed by atoms with Crippen LogP contribution < -0.4 is 0 Å². The first-order valence-electron chi connectivity index (χ1n) is 33.2. The van der Waals surface area contributed by atoms with E-state index in [4.69, 9.17) is 14.2 Å². The lowest BCUT2D eigenvalue weighted by atomic mass is 10.0. The van der Waals surface area contributed by atoms with E-state index in [-0.39, 0.29) is 31.1 Å². The minimum absolute atomic E-state index is 0.0913. The van der Waals surface area contributed by atoms with E-state index in [9.17, 15) is 14.4 Å². The van der Waals surface area contributed by atoms with Crippen molar-refractivity contribution in [1.82, 2.24) is 0 Å². The fourth-order valence-corrected chi connectivity index (χ4v) is 9.35. The van der Waals surface area contributed by atoms with Crippen LogP contribution in [0, 0.1) is 0 Å². The molecule has 6 heteroatoms. The Morgan fingerprint density at radius 2 is 0.513 bits per heavy atom. The van der Waals surface area contributed by atoms with E-state index in [0.717, 1.165) is 135 Å². The van der Waals surface area contributed by atoms with Crippen molar-refractivity contribution >= 4 is 17.9 Å². The van der Waals surface area contributed by atoms with Crippen LogP contribution in [0.2, 0.25) is 0 Å². The summed E-state index contributed by atoms with van der Waals surface area (Å²) in [5, 5.41) is 0. The highest BCUT2D eigenvalue weighted by atomic mass is 16.6. The van der Waals surface area contributed by atoms with Gasteiger partial charge in [0.05, 0.1) is 0 Å². The molecule has 0 bridgehead atoms. The van der Waals surface area contributed by atoms with Crippen molar-refractivity contribution < 1.29 is 28.6 Å². The van der Waals surface area contributed by atoms with Gasteiger partial charge in [0, 0.05) is 19.3 Å². The average Bonchev–Trinajstić information content (AvgIpc) is 3.44. The van der Waals surface area contributed by atoms with Crippen LogP contribution in [0.3, 0.4) is 0 Å². The van der Waals surface area contributed by atoms with E-state index >= 15 is 0 Å². The first-order valence-corrected chi connectivity index (χ1v) is 33.2. The minimum Gasteiger partial charge on any atom is -0.462 e. The second kappa shape index (κ2) is 65.8. The summed E-state index contributed by atoms with van der Waals surface area (Å²) < 4.78 is 16.9. The van der Waals surface area contributed by atoms with Gasteiger partial charge in [-0.15, -0.1) is 0 Å². The van der Waals surface area contributed by atoms with Crippen LogP contribution in [-0.4, -0.2) is 37.2 Å². The predicted octanol–water partition coefficient (Wildman–Crippen LogP) is 22.8. The zero-order chi connectivity index (χ0) is 56.4. The highest BCUT2D eigenvalue weighted by Crippen LogP contribution is 2.17. The van der Waals surface area contributed by atoms with Gasteiger partial charge < -0.3 is 14.2 Å². The molecule has 6 nitrogen and oxygen atoms in total. The molecule has 0 spiro atoms. The molecule has 0 aromatic heterocycles. The van der Waals surface area contributed by atoms with E-state index in [2.05, 4.69) is 118 Å². The Kier molecular flexibility index (Phi) is 62.7. The second-order valence-corrected chi connectivity index (χ2v) is 22.0. The third kappa shape index (κ3) is 63.2. The van der Waals surface area contributed by atoms with Gasteiger partial charge in [-0.05, 0) is 96.3 Å². The molecule has 0 radical (unpaired) electrons. The average molecular weight is 1090 g/mol. The molecule has 0 fully saturated rings. The Morgan fingerprint density at radius 3 is 0.821 bits per heavy atom. The van der Waals surface area contributed by atoms with Gasteiger partial charge in [-0.2, -0.15) is 0 Å². The number of allylic oxidation sites excluding steroid dienone is 16. The van der Waals surface area contributed by atoms with Crippen LogP contribution >= 0.6 is 0 Å². The van der Waals surface area contributed by atoms with Crippen molar-refractivity contribution in [2.45, 2.75) is 329 Å².